The quantitative estimate of drug-likeness (QED) is 0.538. The van der Waals surface area contributed by atoms with Crippen molar-refractivity contribution >= 4 is 23.0 Å². The molecular weight excluding hydrogens is 388 g/mol. The summed E-state index contributed by atoms with van der Waals surface area (Å²) in [6, 6.07) is 17.9. The predicted molar refractivity (Wildman–Crippen MR) is 126 cm³/mol. The Morgan fingerprint density at radius 2 is 1.87 bits per heavy atom. The van der Waals surface area contributed by atoms with Crippen LogP contribution < -0.4 is 10.2 Å². The van der Waals surface area contributed by atoms with E-state index in [-0.39, 0.29) is 12.1 Å². The smallest absolute Gasteiger partial charge is 0.174 e. The molecule has 30 heavy (non-hydrogen) atoms. The Labute approximate surface area is 183 Å². The molecule has 2 aliphatic rings. The molecule has 2 atom stereocenters. The third kappa shape index (κ3) is 3.52. The maximum atomic E-state index is 5.83. The van der Waals surface area contributed by atoms with Crippen molar-refractivity contribution < 1.29 is 0 Å². The lowest BCUT2D eigenvalue weighted by molar-refractivity contribution is 0.515. The van der Waals surface area contributed by atoms with Crippen molar-refractivity contribution in [1.82, 2.24) is 14.9 Å². The molecular formula is C25H28N4S. The van der Waals surface area contributed by atoms with Gasteiger partial charge in [0.1, 0.15) is 0 Å². The van der Waals surface area contributed by atoms with Crippen molar-refractivity contribution in [1.29, 1.82) is 0 Å². The van der Waals surface area contributed by atoms with Crippen LogP contribution in [-0.2, 0) is 6.42 Å². The second-order valence-corrected chi connectivity index (χ2v) is 8.73. The Bertz CT molecular complexity index is 1010. The number of pyridine rings is 1. The Hall–Kier alpha value is -2.66. The fraction of sp³-hybridized carbons (Fsp3) is 0.360. The molecule has 2 unspecified atom stereocenters. The molecule has 3 aromatic rings. The van der Waals surface area contributed by atoms with Crippen LogP contribution in [0.15, 0.2) is 67.1 Å². The maximum Gasteiger partial charge on any atom is 0.174 e. The zero-order valence-corrected chi connectivity index (χ0v) is 18.2. The molecule has 1 aliphatic carbocycles. The van der Waals surface area contributed by atoms with E-state index in [1.165, 1.54) is 36.8 Å². The highest BCUT2D eigenvalue weighted by Gasteiger charge is 2.41. The number of hydrogen-bond acceptors (Lipinski definition) is 2. The molecule has 1 saturated carbocycles. The van der Waals surface area contributed by atoms with E-state index >= 15 is 0 Å². The van der Waals surface area contributed by atoms with Gasteiger partial charge in [0, 0.05) is 30.3 Å². The van der Waals surface area contributed by atoms with E-state index in [0.717, 1.165) is 22.9 Å². The van der Waals surface area contributed by atoms with Crippen LogP contribution in [0, 0.1) is 0 Å². The van der Waals surface area contributed by atoms with Crippen LogP contribution in [0.4, 0.5) is 5.69 Å². The van der Waals surface area contributed by atoms with E-state index in [1.807, 2.05) is 18.3 Å². The second kappa shape index (κ2) is 8.23. The Kier molecular flexibility index (Phi) is 5.30. The standard InChI is InChI=1S/C25H28N4S/c1-2-18-10-12-21(13-11-18)29-24(19-14-16-28(17-19)20-7-3-4-8-20)23(27-25(29)30)22-9-5-6-15-26-22/h5-6,9-17,20,23-24H,2-4,7-8H2,1H3,(H,27,30). The molecule has 2 aromatic heterocycles. The minimum absolute atomic E-state index is 0.0176. The zero-order valence-electron chi connectivity index (χ0n) is 17.4. The molecule has 1 aliphatic heterocycles. The summed E-state index contributed by atoms with van der Waals surface area (Å²) in [6.07, 6.45) is 12.7. The highest BCUT2D eigenvalue weighted by atomic mass is 32.1. The lowest BCUT2D eigenvalue weighted by atomic mass is 9.98. The first-order chi connectivity index (χ1) is 14.7. The average molecular weight is 417 g/mol. The summed E-state index contributed by atoms with van der Waals surface area (Å²) >= 11 is 5.83. The van der Waals surface area contributed by atoms with Crippen LogP contribution in [0.1, 0.15) is 67.6 Å². The summed E-state index contributed by atoms with van der Waals surface area (Å²) in [4.78, 5) is 6.92. The summed E-state index contributed by atoms with van der Waals surface area (Å²) in [5.74, 6) is 0. The summed E-state index contributed by atoms with van der Waals surface area (Å²) in [6.45, 7) is 2.18. The molecule has 0 amide bonds. The molecule has 5 heteroatoms. The first kappa shape index (κ1) is 19.3. The van der Waals surface area contributed by atoms with Crippen molar-refractivity contribution in [3.05, 3.63) is 83.9 Å². The Morgan fingerprint density at radius 3 is 2.57 bits per heavy atom. The van der Waals surface area contributed by atoms with Gasteiger partial charge in [0.05, 0.1) is 17.8 Å². The van der Waals surface area contributed by atoms with Gasteiger partial charge in [-0.2, -0.15) is 0 Å². The van der Waals surface area contributed by atoms with Gasteiger partial charge in [-0.1, -0.05) is 38.0 Å². The molecule has 0 bridgehead atoms. The van der Waals surface area contributed by atoms with E-state index in [0.29, 0.717) is 6.04 Å². The van der Waals surface area contributed by atoms with Gasteiger partial charge < -0.3 is 14.8 Å². The molecule has 1 N–H and O–H groups in total. The van der Waals surface area contributed by atoms with E-state index in [2.05, 4.69) is 75.5 Å². The number of thiocarbonyl (C=S) groups is 1. The molecule has 0 radical (unpaired) electrons. The first-order valence-corrected chi connectivity index (χ1v) is 11.4. The summed E-state index contributed by atoms with van der Waals surface area (Å²) < 4.78 is 2.41. The normalized spacial score (nSPS) is 21.9. The molecule has 2 fully saturated rings. The fourth-order valence-electron chi connectivity index (χ4n) is 4.90. The monoisotopic (exact) mass is 416 g/mol. The molecule has 4 nitrogen and oxygen atoms in total. The highest BCUT2D eigenvalue weighted by Crippen LogP contribution is 2.42. The van der Waals surface area contributed by atoms with Crippen molar-refractivity contribution in [3.8, 4) is 0 Å². The minimum Gasteiger partial charge on any atom is -0.351 e. The van der Waals surface area contributed by atoms with Gasteiger partial charge in [-0.25, -0.2) is 0 Å². The van der Waals surface area contributed by atoms with Crippen molar-refractivity contribution in [3.63, 3.8) is 0 Å². The Morgan fingerprint density at radius 1 is 1.07 bits per heavy atom. The number of benzene rings is 1. The van der Waals surface area contributed by atoms with Crippen LogP contribution >= 0.6 is 12.2 Å². The van der Waals surface area contributed by atoms with Gasteiger partial charge in [0.15, 0.2) is 5.11 Å². The molecule has 3 heterocycles. The molecule has 1 saturated heterocycles. The van der Waals surface area contributed by atoms with Gasteiger partial charge in [-0.3, -0.25) is 4.98 Å². The SMILES string of the molecule is CCc1ccc(N2C(=S)NC(c3ccccn3)C2c2ccn(C3CCCC3)c2)cc1. The van der Waals surface area contributed by atoms with Gasteiger partial charge in [-0.05, 0) is 72.9 Å². The molecule has 5 rings (SSSR count). The number of rotatable bonds is 5. The largest absolute Gasteiger partial charge is 0.351 e. The van der Waals surface area contributed by atoms with Gasteiger partial charge in [0.2, 0.25) is 0 Å². The van der Waals surface area contributed by atoms with Crippen LogP contribution in [0.25, 0.3) is 0 Å². The summed E-state index contributed by atoms with van der Waals surface area (Å²) in [7, 11) is 0. The number of hydrogen-bond donors (Lipinski definition) is 1. The maximum absolute atomic E-state index is 5.83. The fourth-order valence-corrected chi connectivity index (χ4v) is 5.24. The van der Waals surface area contributed by atoms with E-state index in [9.17, 15) is 0 Å². The van der Waals surface area contributed by atoms with Crippen LogP contribution in [0.3, 0.4) is 0 Å². The van der Waals surface area contributed by atoms with E-state index in [1.54, 1.807) is 0 Å². The first-order valence-electron chi connectivity index (χ1n) is 11.0. The lowest BCUT2D eigenvalue weighted by Crippen LogP contribution is -2.29. The number of nitrogens with one attached hydrogen (secondary N) is 1. The van der Waals surface area contributed by atoms with Crippen LogP contribution in [0.2, 0.25) is 0 Å². The molecule has 154 valence electrons. The van der Waals surface area contributed by atoms with Crippen molar-refractivity contribution in [2.45, 2.75) is 57.2 Å². The number of aryl methyl sites for hydroxylation is 1. The summed E-state index contributed by atoms with van der Waals surface area (Å²) in [5, 5.41) is 4.32. The Balaban J connectivity index is 1.55. The predicted octanol–water partition coefficient (Wildman–Crippen LogP) is 5.74. The van der Waals surface area contributed by atoms with Gasteiger partial charge in [-0.15, -0.1) is 0 Å². The van der Waals surface area contributed by atoms with E-state index in [4.69, 9.17) is 12.2 Å². The molecule has 0 spiro atoms. The highest BCUT2D eigenvalue weighted by molar-refractivity contribution is 7.80. The second-order valence-electron chi connectivity index (χ2n) is 8.35. The number of aromatic nitrogens is 2. The summed E-state index contributed by atoms with van der Waals surface area (Å²) in [5.41, 5.74) is 4.76. The topological polar surface area (TPSA) is 33.1 Å². The number of anilines is 1. The van der Waals surface area contributed by atoms with Gasteiger partial charge in [0.25, 0.3) is 0 Å². The third-order valence-electron chi connectivity index (χ3n) is 6.55. The lowest BCUT2D eigenvalue weighted by Gasteiger charge is -2.27. The zero-order chi connectivity index (χ0) is 20.5. The van der Waals surface area contributed by atoms with Crippen molar-refractivity contribution in [2.75, 3.05) is 4.90 Å². The van der Waals surface area contributed by atoms with Crippen molar-refractivity contribution in [2.24, 2.45) is 0 Å². The average Bonchev–Trinajstić information content (AvgIpc) is 3.54. The van der Waals surface area contributed by atoms with Crippen LogP contribution in [0.5, 0.6) is 0 Å². The third-order valence-corrected chi connectivity index (χ3v) is 6.86. The van der Waals surface area contributed by atoms with E-state index < -0.39 is 0 Å². The minimum atomic E-state index is 0.0176. The van der Waals surface area contributed by atoms with Crippen LogP contribution in [-0.4, -0.2) is 14.7 Å². The number of nitrogens with zero attached hydrogens (tertiary/aromatic N) is 3. The molecule has 1 aromatic carbocycles. The van der Waals surface area contributed by atoms with Gasteiger partial charge >= 0.3 is 0 Å².